The van der Waals surface area contributed by atoms with Crippen molar-refractivity contribution in [2.24, 2.45) is 0 Å². The minimum atomic E-state index is -0.0392. The Morgan fingerprint density at radius 2 is 1.82 bits per heavy atom. The summed E-state index contributed by atoms with van der Waals surface area (Å²) in [5.74, 6) is 1.88. The summed E-state index contributed by atoms with van der Waals surface area (Å²) >= 11 is 7.39. The van der Waals surface area contributed by atoms with Crippen LogP contribution in [-0.4, -0.2) is 29.4 Å². The maximum absolute atomic E-state index is 13.1. The highest BCUT2D eigenvalue weighted by Gasteiger charge is 2.18. The van der Waals surface area contributed by atoms with E-state index in [0.717, 1.165) is 30.3 Å². The van der Waals surface area contributed by atoms with E-state index >= 15 is 0 Å². The van der Waals surface area contributed by atoms with Crippen molar-refractivity contribution in [3.05, 3.63) is 69.8 Å². The van der Waals surface area contributed by atoms with E-state index in [1.807, 2.05) is 40.8 Å². The molecule has 0 unspecified atom stereocenters. The molecule has 0 atom stereocenters. The van der Waals surface area contributed by atoms with E-state index in [9.17, 15) is 4.79 Å². The number of para-hydroxylation sites is 1. The van der Waals surface area contributed by atoms with Crippen LogP contribution in [0.1, 0.15) is 32.1 Å². The van der Waals surface area contributed by atoms with Crippen LogP contribution in [0.15, 0.2) is 62.9 Å². The number of fused-ring (bicyclic) bond motifs is 3. The standard InChI is InChI=1S/C23H21ClN6O2S/c1-2-3-6-13-29-21(31)17-7-4-5-8-18(17)30-22(29)27-28-23(30)33-14-19-25-26-20(32-19)15-9-11-16(24)12-10-15/h4-5,7-12H,2-3,6,13-14H2,1H3. The fraction of sp³-hybridized carbons (Fsp3) is 0.261. The zero-order valence-electron chi connectivity index (χ0n) is 17.9. The van der Waals surface area contributed by atoms with Crippen molar-refractivity contribution in [3.8, 4) is 11.5 Å². The van der Waals surface area contributed by atoms with Gasteiger partial charge in [-0.1, -0.05) is 55.3 Å². The van der Waals surface area contributed by atoms with Gasteiger partial charge in [0.05, 0.1) is 16.7 Å². The Morgan fingerprint density at radius 3 is 2.64 bits per heavy atom. The largest absolute Gasteiger partial charge is 0.420 e. The van der Waals surface area contributed by atoms with Crippen molar-refractivity contribution in [2.45, 2.75) is 43.6 Å². The van der Waals surface area contributed by atoms with Gasteiger partial charge in [0.25, 0.3) is 5.56 Å². The van der Waals surface area contributed by atoms with Gasteiger partial charge in [0.2, 0.25) is 17.6 Å². The lowest BCUT2D eigenvalue weighted by Gasteiger charge is -2.10. The van der Waals surface area contributed by atoms with Crippen molar-refractivity contribution in [1.29, 1.82) is 0 Å². The molecular weight excluding hydrogens is 460 g/mol. The molecule has 3 heterocycles. The summed E-state index contributed by atoms with van der Waals surface area (Å²) in [4.78, 5) is 13.1. The number of halogens is 1. The average Bonchev–Trinajstić information content (AvgIpc) is 3.48. The molecule has 0 fully saturated rings. The molecule has 8 nitrogen and oxygen atoms in total. The monoisotopic (exact) mass is 480 g/mol. The predicted octanol–water partition coefficient (Wildman–Crippen LogP) is 5.23. The van der Waals surface area contributed by atoms with E-state index in [4.69, 9.17) is 16.0 Å². The molecule has 10 heteroatoms. The Hall–Kier alpha value is -3.17. The predicted molar refractivity (Wildman–Crippen MR) is 129 cm³/mol. The molecule has 0 aliphatic rings. The van der Waals surface area contributed by atoms with Crippen molar-refractivity contribution < 1.29 is 4.42 Å². The van der Waals surface area contributed by atoms with Crippen molar-refractivity contribution in [2.75, 3.05) is 0 Å². The summed E-state index contributed by atoms with van der Waals surface area (Å²) < 4.78 is 9.47. The fourth-order valence-electron chi connectivity index (χ4n) is 3.70. The van der Waals surface area contributed by atoms with Crippen molar-refractivity contribution >= 4 is 40.0 Å². The van der Waals surface area contributed by atoms with Crippen LogP contribution in [-0.2, 0) is 12.3 Å². The number of nitrogens with zero attached hydrogens (tertiary/aromatic N) is 6. The Labute approximate surface area is 198 Å². The van der Waals surface area contributed by atoms with E-state index in [1.165, 1.54) is 11.8 Å². The Morgan fingerprint density at radius 1 is 1.00 bits per heavy atom. The number of unbranched alkanes of at least 4 members (excludes halogenated alkanes) is 2. The first kappa shape index (κ1) is 21.7. The highest BCUT2D eigenvalue weighted by molar-refractivity contribution is 7.98. The molecule has 0 bridgehead atoms. The smallest absolute Gasteiger partial charge is 0.262 e. The summed E-state index contributed by atoms with van der Waals surface area (Å²) in [6, 6.07) is 14.8. The molecule has 0 N–H and O–H groups in total. The summed E-state index contributed by atoms with van der Waals surface area (Å²) in [5.41, 5.74) is 1.55. The van der Waals surface area contributed by atoms with Crippen LogP contribution >= 0.6 is 23.4 Å². The third-order valence-corrected chi connectivity index (χ3v) is 6.51. The topological polar surface area (TPSA) is 91.1 Å². The second-order valence-corrected chi connectivity index (χ2v) is 8.97. The zero-order chi connectivity index (χ0) is 22.8. The molecular formula is C23H21ClN6O2S. The van der Waals surface area contributed by atoms with Gasteiger partial charge in [-0.05, 0) is 42.8 Å². The fourth-order valence-corrected chi connectivity index (χ4v) is 4.60. The van der Waals surface area contributed by atoms with Gasteiger partial charge in [0.1, 0.15) is 0 Å². The summed E-state index contributed by atoms with van der Waals surface area (Å²) in [7, 11) is 0. The van der Waals surface area contributed by atoms with Crippen LogP contribution in [0.5, 0.6) is 0 Å². The normalized spacial score (nSPS) is 11.6. The molecule has 0 aliphatic carbocycles. The van der Waals surface area contributed by atoms with Gasteiger partial charge in [-0.3, -0.25) is 13.8 Å². The number of hydrogen-bond donors (Lipinski definition) is 0. The van der Waals surface area contributed by atoms with Crippen molar-refractivity contribution in [3.63, 3.8) is 0 Å². The Kier molecular flexibility index (Phi) is 6.15. The molecule has 0 spiro atoms. The summed E-state index contributed by atoms with van der Waals surface area (Å²) in [5, 5.41) is 19.0. The number of rotatable bonds is 8. The minimum Gasteiger partial charge on any atom is -0.420 e. The van der Waals surface area contributed by atoms with Gasteiger partial charge in [-0.2, -0.15) is 0 Å². The summed E-state index contributed by atoms with van der Waals surface area (Å²) in [6.07, 6.45) is 3.04. The molecule has 0 saturated carbocycles. The number of thioether (sulfide) groups is 1. The van der Waals surface area contributed by atoms with E-state index in [1.54, 1.807) is 16.7 Å². The van der Waals surface area contributed by atoms with Gasteiger partial charge in [0.15, 0.2) is 5.16 Å². The van der Waals surface area contributed by atoms with Gasteiger partial charge in [0, 0.05) is 17.1 Å². The second kappa shape index (κ2) is 9.36. The van der Waals surface area contributed by atoms with E-state index in [-0.39, 0.29) is 5.56 Å². The van der Waals surface area contributed by atoms with Gasteiger partial charge >= 0.3 is 0 Å². The zero-order valence-corrected chi connectivity index (χ0v) is 19.5. The molecule has 0 saturated heterocycles. The lowest BCUT2D eigenvalue weighted by molar-refractivity contribution is 0.528. The highest BCUT2D eigenvalue weighted by atomic mass is 35.5. The molecule has 0 aliphatic heterocycles. The molecule has 5 aromatic rings. The number of aryl methyl sites for hydroxylation is 1. The van der Waals surface area contributed by atoms with Gasteiger partial charge in [-0.25, -0.2) is 0 Å². The van der Waals surface area contributed by atoms with Crippen LogP contribution in [0.25, 0.3) is 28.1 Å². The molecule has 168 valence electrons. The first-order valence-electron chi connectivity index (χ1n) is 10.7. The molecule has 5 rings (SSSR count). The molecule has 33 heavy (non-hydrogen) atoms. The minimum absolute atomic E-state index is 0.0392. The maximum Gasteiger partial charge on any atom is 0.262 e. The van der Waals surface area contributed by atoms with Crippen LogP contribution in [0.3, 0.4) is 0 Å². The van der Waals surface area contributed by atoms with Gasteiger partial charge < -0.3 is 4.42 Å². The molecule has 0 radical (unpaired) electrons. The summed E-state index contributed by atoms with van der Waals surface area (Å²) in [6.45, 7) is 2.75. The van der Waals surface area contributed by atoms with Crippen LogP contribution in [0, 0.1) is 0 Å². The molecule has 0 amide bonds. The highest BCUT2D eigenvalue weighted by Crippen LogP contribution is 2.26. The van der Waals surface area contributed by atoms with E-state index < -0.39 is 0 Å². The quantitative estimate of drug-likeness (QED) is 0.222. The van der Waals surface area contributed by atoms with Crippen molar-refractivity contribution in [1.82, 2.24) is 29.4 Å². The molecule has 3 aromatic heterocycles. The SMILES string of the molecule is CCCCCn1c(=O)c2ccccc2n2c(SCc3nnc(-c4ccc(Cl)cc4)o3)nnc12. The Balaban J connectivity index is 1.47. The first-order chi connectivity index (χ1) is 16.2. The van der Waals surface area contributed by atoms with E-state index in [2.05, 4.69) is 27.3 Å². The molecule has 2 aromatic carbocycles. The first-order valence-corrected chi connectivity index (χ1v) is 12.1. The van der Waals surface area contributed by atoms with Gasteiger partial charge in [-0.15, -0.1) is 20.4 Å². The average molecular weight is 481 g/mol. The lowest BCUT2D eigenvalue weighted by Crippen LogP contribution is -2.23. The third-order valence-electron chi connectivity index (χ3n) is 5.35. The lowest BCUT2D eigenvalue weighted by atomic mass is 10.2. The number of benzene rings is 2. The number of aromatic nitrogens is 6. The van der Waals surface area contributed by atoms with Crippen LogP contribution < -0.4 is 5.56 Å². The second-order valence-electron chi connectivity index (χ2n) is 7.60. The van der Waals surface area contributed by atoms with Crippen LogP contribution in [0.2, 0.25) is 5.02 Å². The van der Waals surface area contributed by atoms with Crippen LogP contribution in [0.4, 0.5) is 0 Å². The third kappa shape index (κ3) is 4.26. The number of hydrogen-bond acceptors (Lipinski definition) is 7. The Bertz CT molecular complexity index is 1470. The maximum atomic E-state index is 13.1. The van der Waals surface area contributed by atoms with E-state index in [0.29, 0.717) is 45.4 Å².